The first-order chi connectivity index (χ1) is 6.07. The zero-order chi connectivity index (χ0) is 10.0. The van der Waals surface area contributed by atoms with Crippen LogP contribution in [0.25, 0.3) is 0 Å². The highest BCUT2D eigenvalue weighted by atomic mass is 79.9. The van der Waals surface area contributed by atoms with Gasteiger partial charge in [0.05, 0.1) is 5.02 Å². The summed E-state index contributed by atoms with van der Waals surface area (Å²) in [6.45, 7) is -0.255. The van der Waals surface area contributed by atoms with Gasteiger partial charge >= 0.3 is 0 Å². The lowest BCUT2D eigenvalue weighted by molar-refractivity contribution is 0.341. The molecule has 0 aliphatic carbocycles. The van der Waals surface area contributed by atoms with Crippen molar-refractivity contribution in [2.45, 2.75) is 6.17 Å². The van der Waals surface area contributed by atoms with Gasteiger partial charge in [0, 0.05) is 16.6 Å². The third-order valence-corrected chi connectivity index (χ3v) is 2.87. The molecule has 1 unspecified atom stereocenters. The lowest BCUT2D eigenvalue weighted by atomic mass is 10.1. The average molecular weight is 271 g/mol. The molecule has 13 heavy (non-hydrogen) atoms. The van der Waals surface area contributed by atoms with Crippen LogP contribution in [0.3, 0.4) is 0 Å². The molecule has 0 aromatic heterocycles. The Morgan fingerprint density at radius 3 is 2.69 bits per heavy atom. The summed E-state index contributed by atoms with van der Waals surface area (Å²) in [7, 11) is 0. The van der Waals surface area contributed by atoms with Crippen LogP contribution >= 0.6 is 27.5 Å². The van der Waals surface area contributed by atoms with Gasteiger partial charge in [0.25, 0.3) is 0 Å². The Morgan fingerprint density at radius 1 is 1.54 bits per heavy atom. The highest BCUT2D eigenvalue weighted by Gasteiger charge is 2.16. The average Bonchev–Trinajstić information content (AvgIpc) is 2.13. The largest absolute Gasteiger partial charge is 0.327 e. The van der Waals surface area contributed by atoms with Crippen LogP contribution in [0, 0.1) is 5.82 Å². The predicted molar refractivity (Wildman–Crippen MR) is 52.0 cm³/mol. The third kappa shape index (κ3) is 2.18. The topological polar surface area (TPSA) is 26.0 Å². The summed E-state index contributed by atoms with van der Waals surface area (Å²) in [5.41, 5.74) is 4.96. The minimum atomic E-state index is -1.51. The summed E-state index contributed by atoms with van der Waals surface area (Å²) < 4.78 is 26.6. The number of hydrogen-bond donors (Lipinski definition) is 1. The number of rotatable bonds is 2. The fraction of sp³-hybridized carbons (Fsp3) is 0.250. The molecule has 1 nitrogen and oxygen atoms in total. The Hall–Kier alpha value is -0.190. The van der Waals surface area contributed by atoms with Crippen molar-refractivity contribution in [1.29, 1.82) is 0 Å². The molecule has 0 saturated carbocycles. The fourth-order valence-electron chi connectivity index (χ4n) is 0.910. The molecular formula is C8H7BrClF2N. The summed E-state index contributed by atoms with van der Waals surface area (Å²) >= 11 is 8.58. The second-order valence-electron chi connectivity index (χ2n) is 2.47. The molecule has 1 aromatic carbocycles. The van der Waals surface area contributed by atoms with Gasteiger partial charge in [0.2, 0.25) is 0 Å². The second kappa shape index (κ2) is 4.35. The van der Waals surface area contributed by atoms with Crippen LogP contribution in [0.15, 0.2) is 16.6 Å². The molecule has 0 aliphatic heterocycles. The summed E-state index contributed by atoms with van der Waals surface area (Å²) in [6.07, 6.45) is -1.51. The van der Waals surface area contributed by atoms with E-state index < -0.39 is 12.0 Å². The van der Waals surface area contributed by atoms with Gasteiger partial charge in [0.15, 0.2) is 0 Å². The molecule has 5 heteroatoms. The van der Waals surface area contributed by atoms with Crippen LogP contribution in [-0.2, 0) is 0 Å². The zero-order valence-electron chi connectivity index (χ0n) is 6.53. The Balaban J connectivity index is 3.18. The molecule has 1 rings (SSSR count). The maximum Gasteiger partial charge on any atom is 0.149 e. The lowest BCUT2D eigenvalue weighted by Gasteiger charge is -2.08. The van der Waals surface area contributed by atoms with Crippen molar-refractivity contribution >= 4 is 27.5 Å². The van der Waals surface area contributed by atoms with Gasteiger partial charge in [-0.1, -0.05) is 17.7 Å². The SMILES string of the molecule is NCC(F)c1ccc(Br)c(Cl)c1F. The van der Waals surface area contributed by atoms with E-state index in [0.717, 1.165) is 0 Å². The molecule has 72 valence electrons. The molecule has 1 aromatic rings. The maximum atomic E-state index is 13.2. The highest BCUT2D eigenvalue weighted by molar-refractivity contribution is 9.10. The van der Waals surface area contributed by atoms with E-state index in [-0.39, 0.29) is 17.1 Å². The van der Waals surface area contributed by atoms with E-state index in [9.17, 15) is 8.78 Å². The van der Waals surface area contributed by atoms with E-state index in [1.807, 2.05) is 0 Å². The van der Waals surface area contributed by atoms with Crippen LogP contribution in [-0.4, -0.2) is 6.54 Å². The molecule has 0 saturated heterocycles. The van der Waals surface area contributed by atoms with Crippen molar-refractivity contribution in [3.8, 4) is 0 Å². The van der Waals surface area contributed by atoms with E-state index >= 15 is 0 Å². The van der Waals surface area contributed by atoms with Gasteiger partial charge in [-0.05, 0) is 22.0 Å². The van der Waals surface area contributed by atoms with Gasteiger partial charge < -0.3 is 5.73 Å². The summed E-state index contributed by atoms with van der Waals surface area (Å²) in [4.78, 5) is 0. The minimum absolute atomic E-state index is 0.101. The number of benzene rings is 1. The Bertz CT molecular complexity index is 319. The minimum Gasteiger partial charge on any atom is -0.327 e. The lowest BCUT2D eigenvalue weighted by Crippen LogP contribution is -2.09. The Morgan fingerprint density at radius 2 is 2.15 bits per heavy atom. The molecule has 0 heterocycles. The molecule has 0 spiro atoms. The second-order valence-corrected chi connectivity index (χ2v) is 3.70. The maximum absolute atomic E-state index is 13.2. The highest BCUT2D eigenvalue weighted by Crippen LogP contribution is 2.31. The summed E-state index contributed by atoms with van der Waals surface area (Å²) in [5.74, 6) is -0.756. The monoisotopic (exact) mass is 269 g/mol. The molecular weight excluding hydrogens is 263 g/mol. The first kappa shape index (κ1) is 10.9. The first-order valence-corrected chi connectivity index (χ1v) is 4.72. The predicted octanol–water partition coefficient (Wildman–Crippen LogP) is 3.21. The quantitative estimate of drug-likeness (QED) is 0.821. The number of nitrogens with two attached hydrogens (primary N) is 1. The zero-order valence-corrected chi connectivity index (χ0v) is 8.87. The van der Waals surface area contributed by atoms with Crippen LogP contribution < -0.4 is 5.73 Å². The van der Waals surface area contributed by atoms with Crippen molar-refractivity contribution < 1.29 is 8.78 Å². The molecule has 0 aliphatic rings. The number of halogens is 4. The van der Waals surface area contributed by atoms with Crippen molar-refractivity contribution in [3.05, 3.63) is 33.0 Å². The standard InChI is InChI=1S/C8H7BrClF2N/c9-5-2-1-4(6(11)3-13)8(12)7(5)10/h1-2,6H,3,13H2. The van der Waals surface area contributed by atoms with Crippen molar-refractivity contribution in [1.82, 2.24) is 0 Å². The third-order valence-electron chi connectivity index (χ3n) is 1.61. The number of alkyl halides is 1. The van der Waals surface area contributed by atoms with Crippen molar-refractivity contribution in [2.75, 3.05) is 6.54 Å². The molecule has 0 fully saturated rings. The summed E-state index contributed by atoms with van der Waals surface area (Å²) in [5, 5.41) is -0.117. The van der Waals surface area contributed by atoms with Crippen LogP contribution in [0.1, 0.15) is 11.7 Å². The smallest absolute Gasteiger partial charge is 0.149 e. The van der Waals surface area contributed by atoms with Gasteiger partial charge in [-0.15, -0.1) is 0 Å². The van der Waals surface area contributed by atoms with E-state index in [0.29, 0.717) is 4.47 Å². The van der Waals surface area contributed by atoms with Crippen molar-refractivity contribution in [2.24, 2.45) is 5.73 Å². The normalized spacial score (nSPS) is 13.0. The molecule has 1 atom stereocenters. The van der Waals surface area contributed by atoms with E-state index in [1.165, 1.54) is 12.1 Å². The van der Waals surface area contributed by atoms with Crippen LogP contribution in [0.2, 0.25) is 5.02 Å². The van der Waals surface area contributed by atoms with Crippen LogP contribution in [0.5, 0.6) is 0 Å². The summed E-state index contributed by atoms with van der Waals surface area (Å²) in [6, 6.07) is 2.81. The fourth-order valence-corrected chi connectivity index (χ4v) is 1.39. The van der Waals surface area contributed by atoms with E-state index in [4.69, 9.17) is 17.3 Å². The number of hydrogen-bond acceptors (Lipinski definition) is 1. The Labute approximate surface area is 88.0 Å². The van der Waals surface area contributed by atoms with Gasteiger partial charge in [-0.3, -0.25) is 0 Å². The van der Waals surface area contributed by atoms with Gasteiger partial charge in [0.1, 0.15) is 12.0 Å². The Kier molecular flexibility index (Phi) is 3.64. The van der Waals surface area contributed by atoms with Crippen molar-refractivity contribution in [3.63, 3.8) is 0 Å². The molecule has 2 N–H and O–H groups in total. The van der Waals surface area contributed by atoms with E-state index in [1.54, 1.807) is 0 Å². The molecule has 0 amide bonds. The van der Waals surface area contributed by atoms with Gasteiger partial charge in [-0.2, -0.15) is 0 Å². The first-order valence-electron chi connectivity index (χ1n) is 3.55. The molecule has 0 bridgehead atoms. The van der Waals surface area contributed by atoms with Crippen LogP contribution in [0.4, 0.5) is 8.78 Å². The molecule has 0 radical (unpaired) electrons. The van der Waals surface area contributed by atoms with E-state index in [2.05, 4.69) is 15.9 Å². The van der Waals surface area contributed by atoms with Gasteiger partial charge in [-0.25, -0.2) is 8.78 Å².